The van der Waals surface area contributed by atoms with Gasteiger partial charge >= 0.3 is 0 Å². The molecule has 2 aromatic carbocycles. The Hall–Kier alpha value is -1.63. The molecule has 0 N–H and O–H groups in total. The molecule has 0 amide bonds. The Kier molecular flexibility index (Phi) is 4.15. The lowest BCUT2D eigenvalue weighted by molar-refractivity contribution is 0.0957. The van der Waals surface area contributed by atoms with Crippen molar-refractivity contribution in [2.24, 2.45) is 5.92 Å². The van der Waals surface area contributed by atoms with E-state index < -0.39 is 0 Å². The van der Waals surface area contributed by atoms with Crippen molar-refractivity contribution in [3.05, 3.63) is 48.0 Å². The zero-order valence-corrected chi connectivity index (χ0v) is 12.0. The Morgan fingerprint density at radius 3 is 2.35 bits per heavy atom. The molecule has 0 aliphatic heterocycles. The van der Waals surface area contributed by atoms with Gasteiger partial charge in [0.1, 0.15) is 0 Å². The summed E-state index contributed by atoms with van der Waals surface area (Å²) in [6, 6.07) is 14.3. The summed E-state index contributed by atoms with van der Waals surface area (Å²) in [4.78, 5) is 12.5. The number of hydrogen-bond acceptors (Lipinski definition) is 1. The molecule has 1 aliphatic rings. The molecule has 0 radical (unpaired) electrons. The van der Waals surface area contributed by atoms with Gasteiger partial charge in [-0.3, -0.25) is 4.79 Å². The number of carbonyl (C=O) groups excluding carboxylic acids is 1. The topological polar surface area (TPSA) is 17.1 Å². The number of rotatable bonds is 3. The molecule has 1 saturated carbocycles. The lowest BCUT2D eigenvalue weighted by Crippen LogP contribution is -2.08. The van der Waals surface area contributed by atoms with E-state index in [-0.39, 0.29) is 0 Å². The third kappa shape index (κ3) is 3.09. The van der Waals surface area contributed by atoms with Crippen molar-refractivity contribution < 1.29 is 4.79 Å². The van der Waals surface area contributed by atoms with Gasteiger partial charge in [-0.25, -0.2) is 0 Å². The average molecular weight is 266 g/mol. The third-order valence-corrected chi connectivity index (χ3v) is 4.52. The Labute approximate surface area is 121 Å². The zero-order valence-electron chi connectivity index (χ0n) is 12.0. The first kappa shape index (κ1) is 13.4. The van der Waals surface area contributed by atoms with Crippen molar-refractivity contribution >= 4 is 16.6 Å². The van der Waals surface area contributed by atoms with Gasteiger partial charge in [0.25, 0.3) is 0 Å². The van der Waals surface area contributed by atoms with E-state index in [1.807, 2.05) is 24.3 Å². The van der Waals surface area contributed by atoms with Crippen LogP contribution in [0.3, 0.4) is 0 Å². The van der Waals surface area contributed by atoms with E-state index in [0.717, 1.165) is 12.0 Å². The molecule has 0 saturated heterocycles. The van der Waals surface area contributed by atoms with E-state index in [2.05, 4.69) is 18.2 Å². The van der Waals surface area contributed by atoms with Gasteiger partial charge in [-0.1, -0.05) is 74.9 Å². The van der Waals surface area contributed by atoms with Crippen LogP contribution in [0.4, 0.5) is 0 Å². The van der Waals surface area contributed by atoms with E-state index in [0.29, 0.717) is 11.7 Å². The van der Waals surface area contributed by atoms with Crippen LogP contribution >= 0.6 is 0 Å². The second kappa shape index (κ2) is 6.21. The van der Waals surface area contributed by atoms with Crippen LogP contribution in [0.15, 0.2) is 42.5 Å². The molecule has 3 rings (SSSR count). The van der Waals surface area contributed by atoms with Crippen molar-refractivity contribution in [2.45, 2.75) is 44.9 Å². The highest BCUT2D eigenvalue weighted by Gasteiger charge is 2.17. The summed E-state index contributed by atoms with van der Waals surface area (Å²) in [5, 5.41) is 2.37. The number of carbonyl (C=O) groups is 1. The number of fused-ring (bicyclic) bond motifs is 1. The molecule has 0 aromatic heterocycles. The molecule has 2 aromatic rings. The predicted octanol–water partition coefficient (Wildman–Crippen LogP) is 5.38. The van der Waals surface area contributed by atoms with E-state index in [1.165, 1.54) is 49.3 Å². The highest BCUT2D eigenvalue weighted by Crippen LogP contribution is 2.27. The Morgan fingerprint density at radius 2 is 1.60 bits per heavy atom. The first-order valence-electron chi connectivity index (χ1n) is 7.85. The van der Waals surface area contributed by atoms with Crippen molar-refractivity contribution in [1.82, 2.24) is 0 Å². The third-order valence-electron chi connectivity index (χ3n) is 4.52. The van der Waals surface area contributed by atoms with Crippen LogP contribution in [0.1, 0.15) is 55.3 Å². The van der Waals surface area contributed by atoms with E-state index in [4.69, 9.17) is 0 Å². The molecule has 0 bridgehead atoms. The largest absolute Gasteiger partial charge is 0.294 e. The minimum atomic E-state index is 0.322. The maximum atomic E-state index is 12.5. The summed E-state index contributed by atoms with van der Waals surface area (Å²) in [7, 11) is 0. The molecule has 0 atom stereocenters. The Morgan fingerprint density at radius 1 is 0.900 bits per heavy atom. The molecule has 0 unspecified atom stereocenters. The van der Waals surface area contributed by atoms with E-state index in [9.17, 15) is 4.79 Å². The predicted molar refractivity (Wildman–Crippen MR) is 84.1 cm³/mol. The summed E-state index contributed by atoms with van der Waals surface area (Å²) in [5.74, 6) is 0.930. The van der Waals surface area contributed by atoms with Gasteiger partial charge in [0.2, 0.25) is 0 Å². The number of hydrogen-bond donors (Lipinski definition) is 0. The molecular weight excluding hydrogens is 244 g/mol. The summed E-state index contributed by atoms with van der Waals surface area (Å²) < 4.78 is 0. The van der Waals surface area contributed by atoms with Crippen LogP contribution in [-0.4, -0.2) is 5.78 Å². The second-order valence-corrected chi connectivity index (χ2v) is 6.05. The van der Waals surface area contributed by atoms with E-state index >= 15 is 0 Å². The van der Waals surface area contributed by atoms with Crippen molar-refractivity contribution in [1.29, 1.82) is 0 Å². The molecule has 1 nitrogen and oxygen atoms in total. The summed E-state index contributed by atoms with van der Waals surface area (Å²) in [5.41, 5.74) is 0.882. The normalized spacial score (nSPS) is 17.0. The molecule has 20 heavy (non-hydrogen) atoms. The molecule has 0 spiro atoms. The van der Waals surface area contributed by atoms with Gasteiger partial charge in [0.15, 0.2) is 5.78 Å². The number of Topliss-reactive ketones (excluding diaryl/α,β-unsaturated/α-hetero) is 1. The number of benzene rings is 2. The average Bonchev–Trinajstić information content (AvgIpc) is 2.75. The lowest BCUT2D eigenvalue weighted by atomic mass is 9.91. The quantitative estimate of drug-likeness (QED) is 0.538. The standard InChI is InChI=1S/C19H22O/c20-19(13-15-7-3-1-2-4-8-15)18-12-11-16-9-5-6-10-17(16)14-18/h5-6,9-12,14-15H,1-4,7-8,13H2. The first-order valence-corrected chi connectivity index (χ1v) is 7.85. The fourth-order valence-electron chi connectivity index (χ4n) is 3.31. The molecule has 1 fully saturated rings. The highest BCUT2D eigenvalue weighted by atomic mass is 16.1. The maximum absolute atomic E-state index is 12.5. The molecular formula is C19H22O. The SMILES string of the molecule is O=C(CC1CCCCCC1)c1ccc2ccccc2c1. The van der Waals surface area contributed by atoms with Crippen LogP contribution in [0.5, 0.6) is 0 Å². The Balaban J connectivity index is 1.74. The molecule has 1 heteroatoms. The van der Waals surface area contributed by atoms with Crippen molar-refractivity contribution in [3.63, 3.8) is 0 Å². The summed E-state index contributed by atoms with van der Waals surface area (Å²) in [6.07, 6.45) is 8.50. The number of ketones is 1. The zero-order chi connectivity index (χ0) is 13.8. The fourth-order valence-corrected chi connectivity index (χ4v) is 3.31. The van der Waals surface area contributed by atoms with Crippen molar-refractivity contribution in [3.8, 4) is 0 Å². The minimum absolute atomic E-state index is 0.322. The fraction of sp³-hybridized carbons (Fsp3) is 0.421. The van der Waals surface area contributed by atoms with E-state index in [1.54, 1.807) is 0 Å². The van der Waals surface area contributed by atoms with Gasteiger partial charge < -0.3 is 0 Å². The highest BCUT2D eigenvalue weighted by molar-refractivity contribution is 6.00. The smallest absolute Gasteiger partial charge is 0.163 e. The maximum Gasteiger partial charge on any atom is 0.163 e. The molecule has 104 valence electrons. The first-order chi connectivity index (χ1) is 9.83. The van der Waals surface area contributed by atoms with Crippen LogP contribution < -0.4 is 0 Å². The van der Waals surface area contributed by atoms with Gasteiger partial charge in [-0.2, -0.15) is 0 Å². The molecule has 0 heterocycles. The van der Waals surface area contributed by atoms with Gasteiger partial charge in [-0.05, 0) is 22.8 Å². The van der Waals surface area contributed by atoms with Crippen LogP contribution in [0.25, 0.3) is 10.8 Å². The van der Waals surface area contributed by atoms with Gasteiger partial charge in [0, 0.05) is 12.0 Å². The molecule has 1 aliphatic carbocycles. The summed E-state index contributed by atoms with van der Waals surface area (Å²) >= 11 is 0. The van der Waals surface area contributed by atoms with Crippen LogP contribution in [-0.2, 0) is 0 Å². The van der Waals surface area contributed by atoms with Crippen LogP contribution in [0.2, 0.25) is 0 Å². The second-order valence-electron chi connectivity index (χ2n) is 6.05. The van der Waals surface area contributed by atoms with Gasteiger partial charge in [0.05, 0.1) is 0 Å². The monoisotopic (exact) mass is 266 g/mol. The van der Waals surface area contributed by atoms with Crippen LogP contribution in [0, 0.1) is 5.92 Å². The van der Waals surface area contributed by atoms with Gasteiger partial charge in [-0.15, -0.1) is 0 Å². The minimum Gasteiger partial charge on any atom is -0.294 e. The summed E-state index contributed by atoms with van der Waals surface area (Å²) in [6.45, 7) is 0. The Bertz CT molecular complexity index is 591. The lowest BCUT2D eigenvalue weighted by Gasteiger charge is -2.13. The van der Waals surface area contributed by atoms with Crippen molar-refractivity contribution in [2.75, 3.05) is 0 Å².